The third kappa shape index (κ3) is 11.0. The molecule has 18 heavy (non-hydrogen) atoms. The van der Waals surface area contributed by atoms with E-state index in [9.17, 15) is 9.67 Å². The molecule has 0 bridgehead atoms. The van der Waals surface area contributed by atoms with E-state index in [-0.39, 0.29) is 54.2 Å². The Morgan fingerprint density at radius 3 is 2.28 bits per heavy atom. The fourth-order valence-corrected chi connectivity index (χ4v) is 1.33. The van der Waals surface area contributed by atoms with E-state index < -0.39 is 20.0 Å². The summed E-state index contributed by atoms with van der Waals surface area (Å²) in [5, 5.41) is 9.21. The average Bonchev–Trinajstić information content (AvgIpc) is 2.64. The molecule has 1 fully saturated rings. The van der Waals surface area contributed by atoms with Crippen LogP contribution in [0, 0.1) is 6.61 Å². The zero-order valence-electron chi connectivity index (χ0n) is 9.70. The molecule has 0 aromatic carbocycles. The molecule has 0 amide bonds. The van der Waals surface area contributed by atoms with Gasteiger partial charge < -0.3 is 14.7 Å². The van der Waals surface area contributed by atoms with Gasteiger partial charge in [0.25, 0.3) is 0 Å². The van der Waals surface area contributed by atoms with Crippen LogP contribution in [-0.4, -0.2) is 35.9 Å². The van der Waals surface area contributed by atoms with Crippen LogP contribution >= 0.6 is 7.82 Å². The zero-order chi connectivity index (χ0) is 11.9. The summed E-state index contributed by atoms with van der Waals surface area (Å²) in [5.41, 5.74) is 0. The van der Waals surface area contributed by atoms with Gasteiger partial charge in [-0.3, -0.25) is 9.05 Å². The number of phosphoric acid groups is 1. The van der Waals surface area contributed by atoms with Crippen molar-refractivity contribution in [3.8, 4) is 0 Å². The van der Waals surface area contributed by atoms with E-state index in [1.807, 2.05) is 13.8 Å². The second kappa shape index (κ2) is 14.5. The molecule has 2 N–H and O–H groups in total. The van der Waals surface area contributed by atoms with Gasteiger partial charge in [0.2, 0.25) is 0 Å². The van der Waals surface area contributed by atoms with Crippen LogP contribution < -0.4 is 0 Å². The van der Waals surface area contributed by atoms with Crippen molar-refractivity contribution in [3.63, 3.8) is 0 Å². The van der Waals surface area contributed by atoms with Gasteiger partial charge in [-0.2, -0.15) is 0 Å². The quantitative estimate of drug-likeness (QED) is 0.590. The standard InChI is InChI=1S/C6H12O6P.C2H6.2CH4.Y/c1-10-13(8,9)12-4-6-5(7)2-3-11-6;1-2;;;/h3,5-7H,2,4H2,1H3,(H,8,9);1-2H3;2*1H4;/q-1;;;;. The maximum absolute atomic E-state index is 10.8. The van der Waals surface area contributed by atoms with Crippen LogP contribution in [-0.2, 0) is 51.1 Å². The summed E-state index contributed by atoms with van der Waals surface area (Å²) in [6.07, 6.45) is -0.871. The molecule has 1 radical (unpaired) electrons. The Balaban J connectivity index is -0.000000186. The second-order valence-electron chi connectivity index (χ2n) is 2.59. The molecule has 0 aromatic rings. The number of ether oxygens (including phenoxy) is 1. The zero-order valence-corrected chi connectivity index (χ0v) is 13.4. The van der Waals surface area contributed by atoms with Crippen LogP contribution in [0.5, 0.6) is 0 Å². The van der Waals surface area contributed by atoms with Crippen LogP contribution in [0.15, 0.2) is 0 Å². The summed E-state index contributed by atoms with van der Waals surface area (Å²) in [6.45, 7) is 5.27. The van der Waals surface area contributed by atoms with Crippen molar-refractivity contribution in [3.05, 3.63) is 6.61 Å². The Hall–Kier alpha value is 1.13. The van der Waals surface area contributed by atoms with Crippen LogP contribution in [0.4, 0.5) is 0 Å². The molecule has 111 valence electrons. The van der Waals surface area contributed by atoms with Gasteiger partial charge in [0.15, 0.2) is 0 Å². The van der Waals surface area contributed by atoms with Crippen molar-refractivity contribution in [2.24, 2.45) is 0 Å². The third-order valence-electron chi connectivity index (χ3n) is 1.67. The summed E-state index contributed by atoms with van der Waals surface area (Å²) in [7, 11) is -2.89. The number of aliphatic hydroxyl groups is 1. The van der Waals surface area contributed by atoms with Crippen LogP contribution in [0.25, 0.3) is 0 Å². The first-order valence-corrected chi connectivity index (χ1v) is 6.23. The molecule has 0 saturated carbocycles. The van der Waals surface area contributed by atoms with Gasteiger partial charge in [-0.05, 0) is 0 Å². The molecular formula is C10H26O6PY-. The minimum Gasteiger partial charge on any atom is -0.546 e. The van der Waals surface area contributed by atoms with Crippen molar-refractivity contribution in [2.75, 3.05) is 13.7 Å². The monoisotopic (exact) mass is 362 g/mol. The number of hydrogen-bond acceptors (Lipinski definition) is 5. The number of rotatable bonds is 4. The molecule has 1 saturated heterocycles. The van der Waals surface area contributed by atoms with Gasteiger partial charge in [-0.15, -0.1) is 6.42 Å². The van der Waals surface area contributed by atoms with E-state index in [2.05, 4.69) is 9.05 Å². The van der Waals surface area contributed by atoms with Crippen LogP contribution in [0.3, 0.4) is 0 Å². The molecule has 8 heteroatoms. The topological polar surface area (TPSA) is 85.2 Å². The molecule has 6 nitrogen and oxygen atoms in total. The van der Waals surface area contributed by atoms with Gasteiger partial charge >= 0.3 is 7.82 Å². The van der Waals surface area contributed by atoms with Crippen LogP contribution in [0.1, 0.15) is 35.1 Å². The maximum Gasteiger partial charge on any atom is 0.471 e. The van der Waals surface area contributed by atoms with E-state index in [0.717, 1.165) is 7.11 Å². The van der Waals surface area contributed by atoms with E-state index in [1.165, 1.54) is 6.61 Å². The molecule has 0 aliphatic carbocycles. The second-order valence-corrected chi connectivity index (χ2v) is 4.15. The SMILES string of the molecule is C.C.CC.COP(=O)(O)OCC1O[CH-]CC1O.[Y]. The predicted octanol–water partition coefficient (Wildman–Crippen LogP) is 2.36. The van der Waals surface area contributed by atoms with E-state index in [0.29, 0.717) is 6.42 Å². The maximum atomic E-state index is 10.8. The van der Waals surface area contributed by atoms with E-state index >= 15 is 0 Å². The first-order chi connectivity index (χ1) is 7.05. The first kappa shape index (κ1) is 27.5. The fraction of sp³-hybridized carbons (Fsp3) is 0.900. The Morgan fingerprint density at radius 1 is 1.44 bits per heavy atom. The summed E-state index contributed by atoms with van der Waals surface area (Å²) >= 11 is 0. The summed E-state index contributed by atoms with van der Waals surface area (Å²) < 4.78 is 24.4. The Bertz CT molecular complexity index is 217. The summed E-state index contributed by atoms with van der Waals surface area (Å²) in [4.78, 5) is 8.83. The minimum atomic E-state index is -3.96. The van der Waals surface area contributed by atoms with E-state index in [1.54, 1.807) is 0 Å². The third-order valence-corrected chi connectivity index (χ3v) is 2.61. The molecular weight excluding hydrogens is 336 g/mol. The smallest absolute Gasteiger partial charge is 0.471 e. The van der Waals surface area contributed by atoms with Crippen molar-refractivity contribution in [1.82, 2.24) is 0 Å². The minimum absolute atomic E-state index is 0. The largest absolute Gasteiger partial charge is 0.546 e. The Labute approximate surface area is 136 Å². The molecule has 0 aromatic heterocycles. The van der Waals surface area contributed by atoms with Gasteiger partial charge in [0.1, 0.15) is 0 Å². The summed E-state index contributed by atoms with van der Waals surface area (Å²) in [5.74, 6) is 0. The molecule has 1 heterocycles. The first-order valence-electron chi connectivity index (χ1n) is 4.73. The molecule has 1 aliphatic heterocycles. The molecule has 3 unspecified atom stereocenters. The van der Waals surface area contributed by atoms with Crippen molar-refractivity contribution >= 4 is 7.82 Å². The van der Waals surface area contributed by atoms with Gasteiger partial charge in [-0.25, -0.2) is 11.2 Å². The van der Waals surface area contributed by atoms with Gasteiger partial charge in [0.05, 0.1) is 18.8 Å². The van der Waals surface area contributed by atoms with Crippen molar-refractivity contribution in [2.45, 2.75) is 47.3 Å². The van der Waals surface area contributed by atoms with Crippen molar-refractivity contribution < 1.29 is 61.1 Å². The predicted molar refractivity (Wildman–Crippen MR) is 67.4 cm³/mol. The Morgan fingerprint density at radius 2 is 1.94 bits per heavy atom. The molecule has 1 aliphatic rings. The summed E-state index contributed by atoms with van der Waals surface area (Å²) in [6, 6.07) is 0. The number of hydrogen-bond donors (Lipinski definition) is 2. The van der Waals surface area contributed by atoms with Crippen LogP contribution in [0.2, 0.25) is 0 Å². The molecule has 3 atom stereocenters. The van der Waals surface area contributed by atoms with Gasteiger partial charge in [0, 0.05) is 39.8 Å². The average molecular weight is 362 g/mol. The molecule has 0 spiro atoms. The molecule has 1 rings (SSSR count). The van der Waals surface area contributed by atoms with Gasteiger partial charge in [-0.1, -0.05) is 28.7 Å². The number of aliphatic hydroxyl groups excluding tert-OH is 1. The Kier molecular flexibility index (Phi) is 22.2. The fourth-order valence-electron chi connectivity index (χ4n) is 0.891. The van der Waals surface area contributed by atoms with E-state index in [4.69, 9.17) is 9.63 Å². The van der Waals surface area contributed by atoms with Crippen molar-refractivity contribution in [1.29, 1.82) is 0 Å². The number of phosphoric ester groups is 1. The normalized spacial score (nSPS) is 24.3.